The summed E-state index contributed by atoms with van der Waals surface area (Å²) in [5.41, 5.74) is 0.775. The smallest absolute Gasteiger partial charge is 0.378 e. The molecular weight excluding hydrogens is 517 g/mol. The molecular formula is C24H33F3N10O2. The Morgan fingerprint density at radius 2 is 1.85 bits per heavy atom. The summed E-state index contributed by atoms with van der Waals surface area (Å²) in [6.45, 7) is 6.88. The van der Waals surface area contributed by atoms with Crippen molar-refractivity contribution in [1.82, 2.24) is 34.8 Å². The number of fused-ring (bicyclic) bond motifs is 1. The largest absolute Gasteiger partial charge is 0.406 e. The van der Waals surface area contributed by atoms with Crippen LogP contribution in [0.2, 0.25) is 0 Å². The number of ether oxygens (including phenoxy) is 1. The Hall–Kier alpha value is -3.75. The van der Waals surface area contributed by atoms with E-state index in [-0.39, 0.29) is 47.9 Å². The van der Waals surface area contributed by atoms with E-state index in [2.05, 4.69) is 25.6 Å². The van der Waals surface area contributed by atoms with Crippen LogP contribution in [-0.2, 0) is 16.1 Å². The Balaban J connectivity index is 1.92. The average Bonchev–Trinajstić information content (AvgIpc) is 3.24. The molecule has 1 amide bonds. The summed E-state index contributed by atoms with van der Waals surface area (Å²) in [6, 6.07) is 0. The Morgan fingerprint density at radius 3 is 2.44 bits per heavy atom. The molecule has 0 aliphatic carbocycles. The van der Waals surface area contributed by atoms with Crippen LogP contribution in [0.15, 0.2) is 12.4 Å². The standard InChI is InChI=1S/C24H33F3N10O2/c1-15(2)13-36(6-5-29-16(3)38)23-32-18-20(35-7-9-39-10-8-35)33-19(17-11-30-22(28-4)31-12-17)34-21(18)37(23)14-24(25,26)27/h11-12,15H,5-10,13-14H2,1-4H3,(H,29,38)(H,28,30,31). The van der Waals surface area contributed by atoms with Crippen LogP contribution < -0.4 is 20.4 Å². The topological polar surface area (TPSA) is 126 Å². The number of carbonyl (C=O) groups excluding carboxylic acids is 1. The van der Waals surface area contributed by atoms with Crippen LogP contribution in [0.25, 0.3) is 22.6 Å². The molecule has 1 saturated heterocycles. The Labute approximate surface area is 224 Å². The SMILES string of the molecule is CNc1ncc(-c2nc(N3CCOCC3)c3nc(N(CCNC(C)=O)CC(C)C)n(CC(F)(F)F)c3n2)cn1. The minimum Gasteiger partial charge on any atom is -0.378 e. The van der Waals surface area contributed by atoms with Gasteiger partial charge < -0.3 is 25.2 Å². The second kappa shape index (κ2) is 12.0. The fraction of sp³-hybridized carbons (Fsp3) is 0.583. The second-order valence-electron chi connectivity index (χ2n) is 9.62. The van der Waals surface area contributed by atoms with Gasteiger partial charge in [-0.2, -0.15) is 13.2 Å². The molecule has 0 saturated carbocycles. The highest BCUT2D eigenvalue weighted by atomic mass is 19.4. The molecule has 12 nitrogen and oxygen atoms in total. The van der Waals surface area contributed by atoms with E-state index in [1.54, 1.807) is 11.9 Å². The molecule has 212 valence electrons. The molecule has 39 heavy (non-hydrogen) atoms. The lowest BCUT2D eigenvalue weighted by Crippen LogP contribution is -2.38. The van der Waals surface area contributed by atoms with Gasteiger partial charge in [-0.3, -0.25) is 9.36 Å². The highest BCUT2D eigenvalue weighted by molar-refractivity contribution is 5.88. The number of carbonyl (C=O) groups is 1. The van der Waals surface area contributed by atoms with Gasteiger partial charge in [0, 0.05) is 59.1 Å². The van der Waals surface area contributed by atoms with Crippen molar-refractivity contribution in [2.24, 2.45) is 5.92 Å². The van der Waals surface area contributed by atoms with Gasteiger partial charge in [-0.15, -0.1) is 0 Å². The number of hydrogen-bond acceptors (Lipinski definition) is 10. The number of hydrogen-bond donors (Lipinski definition) is 2. The minimum absolute atomic E-state index is 0.0554. The van der Waals surface area contributed by atoms with Crippen molar-refractivity contribution in [2.45, 2.75) is 33.5 Å². The fourth-order valence-electron chi connectivity index (χ4n) is 4.32. The van der Waals surface area contributed by atoms with Crippen LogP contribution in [0.3, 0.4) is 0 Å². The first-order chi connectivity index (χ1) is 18.6. The van der Waals surface area contributed by atoms with Crippen LogP contribution in [-0.4, -0.2) is 94.6 Å². The van der Waals surface area contributed by atoms with Crippen molar-refractivity contribution in [1.29, 1.82) is 0 Å². The maximum Gasteiger partial charge on any atom is 0.406 e. The van der Waals surface area contributed by atoms with Gasteiger partial charge in [-0.05, 0) is 5.92 Å². The zero-order valence-electron chi connectivity index (χ0n) is 22.4. The number of morpholine rings is 1. The molecule has 0 spiro atoms. The second-order valence-corrected chi connectivity index (χ2v) is 9.62. The van der Waals surface area contributed by atoms with Crippen LogP contribution in [0.4, 0.5) is 30.9 Å². The molecule has 3 aromatic rings. The molecule has 0 atom stereocenters. The van der Waals surface area contributed by atoms with Gasteiger partial charge in [0.1, 0.15) is 6.54 Å². The summed E-state index contributed by atoms with van der Waals surface area (Å²) in [6.07, 6.45) is -1.49. The van der Waals surface area contributed by atoms with Crippen LogP contribution in [0.5, 0.6) is 0 Å². The van der Waals surface area contributed by atoms with E-state index in [0.29, 0.717) is 50.2 Å². The molecule has 0 aromatic carbocycles. The van der Waals surface area contributed by atoms with Gasteiger partial charge in [0.05, 0.1) is 18.8 Å². The van der Waals surface area contributed by atoms with Gasteiger partial charge in [0.2, 0.25) is 17.8 Å². The summed E-state index contributed by atoms with van der Waals surface area (Å²) >= 11 is 0. The summed E-state index contributed by atoms with van der Waals surface area (Å²) in [5.74, 6) is 1.01. The van der Waals surface area contributed by atoms with E-state index in [9.17, 15) is 18.0 Å². The quantitative estimate of drug-likeness (QED) is 0.388. The van der Waals surface area contributed by atoms with Crippen molar-refractivity contribution >= 4 is 34.8 Å². The van der Waals surface area contributed by atoms with Gasteiger partial charge in [0.15, 0.2) is 22.8 Å². The number of aromatic nitrogens is 6. The first-order valence-corrected chi connectivity index (χ1v) is 12.7. The molecule has 1 aliphatic rings. The highest BCUT2D eigenvalue weighted by Crippen LogP contribution is 2.33. The Kier molecular flexibility index (Phi) is 8.67. The summed E-state index contributed by atoms with van der Waals surface area (Å²) in [7, 11) is 1.68. The van der Waals surface area contributed by atoms with Gasteiger partial charge in [-0.25, -0.2) is 24.9 Å². The predicted molar refractivity (Wildman–Crippen MR) is 141 cm³/mol. The molecule has 0 bridgehead atoms. The van der Waals surface area contributed by atoms with Gasteiger partial charge in [0.25, 0.3) is 0 Å². The minimum atomic E-state index is -4.54. The van der Waals surface area contributed by atoms with E-state index in [0.717, 1.165) is 4.57 Å². The maximum absolute atomic E-state index is 14.0. The monoisotopic (exact) mass is 550 g/mol. The molecule has 4 heterocycles. The number of halogens is 3. The van der Waals surface area contributed by atoms with Gasteiger partial charge in [-0.1, -0.05) is 13.8 Å². The first kappa shape index (κ1) is 28.3. The molecule has 0 radical (unpaired) electrons. The number of alkyl halides is 3. The molecule has 2 N–H and O–H groups in total. The number of rotatable bonds is 10. The van der Waals surface area contributed by atoms with Crippen LogP contribution in [0, 0.1) is 5.92 Å². The third-order valence-corrected chi connectivity index (χ3v) is 5.96. The van der Waals surface area contributed by atoms with Crippen molar-refractivity contribution < 1.29 is 22.7 Å². The van der Waals surface area contributed by atoms with Crippen molar-refractivity contribution in [3.63, 3.8) is 0 Å². The molecule has 0 unspecified atom stereocenters. The highest BCUT2D eigenvalue weighted by Gasteiger charge is 2.34. The number of anilines is 3. The van der Waals surface area contributed by atoms with Crippen molar-refractivity contribution in [3.05, 3.63) is 12.4 Å². The maximum atomic E-state index is 14.0. The zero-order chi connectivity index (χ0) is 28.2. The normalized spacial score (nSPS) is 14.2. The zero-order valence-corrected chi connectivity index (χ0v) is 22.4. The van der Waals surface area contributed by atoms with E-state index < -0.39 is 12.7 Å². The number of imidazole rings is 1. The summed E-state index contributed by atoms with van der Waals surface area (Å²) < 4.78 is 48.4. The van der Waals surface area contributed by atoms with Crippen molar-refractivity contribution in [2.75, 3.05) is 68.1 Å². The van der Waals surface area contributed by atoms with Gasteiger partial charge >= 0.3 is 6.18 Å². The number of amides is 1. The molecule has 1 fully saturated rings. The molecule has 4 rings (SSSR count). The summed E-state index contributed by atoms with van der Waals surface area (Å²) in [5, 5.41) is 5.55. The van der Waals surface area contributed by atoms with Crippen molar-refractivity contribution in [3.8, 4) is 11.4 Å². The number of nitrogens with zero attached hydrogens (tertiary/aromatic N) is 8. The lowest BCUT2D eigenvalue weighted by atomic mass is 10.2. The molecule has 1 aliphatic heterocycles. The lowest BCUT2D eigenvalue weighted by molar-refractivity contribution is -0.139. The lowest BCUT2D eigenvalue weighted by Gasteiger charge is -2.28. The van der Waals surface area contributed by atoms with E-state index in [1.165, 1.54) is 19.3 Å². The summed E-state index contributed by atoms with van der Waals surface area (Å²) in [4.78, 5) is 37.6. The number of nitrogens with one attached hydrogen (secondary N) is 2. The molecule has 15 heteroatoms. The fourth-order valence-corrected chi connectivity index (χ4v) is 4.32. The first-order valence-electron chi connectivity index (χ1n) is 12.7. The van der Waals surface area contributed by atoms with E-state index in [1.807, 2.05) is 18.7 Å². The third kappa shape index (κ3) is 7.02. The van der Waals surface area contributed by atoms with E-state index in [4.69, 9.17) is 14.7 Å². The Bertz CT molecular complexity index is 1270. The van der Waals surface area contributed by atoms with Crippen LogP contribution >= 0.6 is 0 Å². The van der Waals surface area contributed by atoms with Crippen LogP contribution in [0.1, 0.15) is 20.8 Å². The third-order valence-electron chi connectivity index (χ3n) is 5.96. The average molecular weight is 551 g/mol. The predicted octanol–water partition coefficient (Wildman–Crippen LogP) is 2.32. The molecule has 3 aromatic heterocycles. The van der Waals surface area contributed by atoms with E-state index >= 15 is 0 Å². The Morgan fingerprint density at radius 1 is 1.15 bits per heavy atom.